The maximum atomic E-state index is 12.9. The quantitative estimate of drug-likeness (QED) is 0.854. The molecule has 0 aliphatic carbocycles. The summed E-state index contributed by atoms with van der Waals surface area (Å²) < 4.78 is 0. The molecule has 2 saturated heterocycles. The van der Waals surface area contributed by atoms with Crippen LogP contribution in [-0.4, -0.2) is 42.9 Å². The number of rotatable bonds is 4. The number of benzene rings is 2. The first-order valence-corrected chi connectivity index (χ1v) is 10.6. The van der Waals surface area contributed by atoms with Crippen LogP contribution in [0.4, 0.5) is 11.4 Å². The third kappa shape index (κ3) is 4.44. The monoisotopic (exact) mass is 391 g/mol. The van der Waals surface area contributed by atoms with Crippen molar-refractivity contribution in [1.29, 1.82) is 0 Å². The molecule has 0 radical (unpaired) electrons. The average molecular weight is 392 g/mol. The van der Waals surface area contributed by atoms with E-state index in [1.165, 1.54) is 11.3 Å². The van der Waals surface area contributed by atoms with Crippen molar-refractivity contribution < 1.29 is 9.59 Å². The zero-order valence-corrected chi connectivity index (χ0v) is 17.1. The lowest BCUT2D eigenvalue weighted by Crippen LogP contribution is -2.38. The van der Waals surface area contributed by atoms with Gasteiger partial charge < -0.3 is 15.1 Å². The second-order valence-electron chi connectivity index (χ2n) is 8.13. The number of nitrogens with zero attached hydrogens (tertiary/aromatic N) is 2. The van der Waals surface area contributed by atoms with E-state index in [2.05, 4.69) is 41.4 Å². The third-order valence-electron chi connectivity index (χ3n) is 6.07. The number of anilines is 2. The molecule has 2 aliphatic rings. The minimum Gasteiger partial charge on any atom is -0.371 e. The number of piperidine rings is 1. The third-order valence-corrected chi connectivity index (χ3v) is 6.07. The molecule has 4 rings (SSSR count). The molecule has 0 bridgehead atoms. The SMILES string of the molecule is Cc1ccc(N2CCC(C(=O)Nc3ccccc3C(=O)N3CCCC3)CC2)cc1. The first kappa shape index (κ1) is 19.5. The zero-order chi connectivity index (χ0) is 20.2. The van der Waals surface area contributed by atoms with E-state index in [-0.39, 0.29) is 17.7 Å². The molecule has 2 heterocycles. The summed E-state index contributed by atoms with van der Waals surface area (Å²) in [6.07, 6.45) is 3.75. The number of nitrogens with one attached hydrogen (secondary N) is 1. The smallest absolute Gasteiger partial charge is 0.255 e. The van der Waals surface area contributed by atoms with Crippen molar-refractivity contribution in [3.8, 4) is 0 Å². The molecular formula is C24H29N3O2. The molecule has 2 fully saturated rings. The van der Waals surface area contributed by atoms with Gasteiger partial charge in [0, 0.05) is 37.8 Å². The minimum absolute atomic E-state index is 0.0209. The number of hydrogen-bond donors (Lipinski definition) is 1. The summed E-state index contributed by atoms with van der Waals surface area (Å²) in [6, 6.07) is 15.9. The fourth-order valence-corrected chi connectivity index (χ4v) is 4.26. The van der Waals surface area contributed by atoms with Gasteiger partial charge in [-0.1, -0.05) is 29.8 Å². The van der Waals surface area contributed by atoms with E-state index in [4.69, 9.17) is 0 Å². The molecule has 0 saturated carbocycles. The van der Waals surface area contributed by atoms with Crippen molar-refractivity contribution in [2.75, 3.05) is 36.4 Å². The van der Waals surface area contributed by atoms with Gasteiger partial charge in [-0.2, -0.15) is 0 Å². The average Bonchev–Trinajstić information content (AvgIpc) is 3.29. The van der Waals surface area contributed by atoms with Gasteiger partial charge in [-0.25, -0.2) is 0 Å². The van der Waals surface area contributed by atoms with Gasteiger partial charge in [0.25, 0.3) is 5.91 Å². The predicted molar refractivity (Wildman–Crippen MR) is 116 cm³/mol. The van der Waals surface area contributed by atoms with Crippen molar-refractivity contribution >= 4 is 23.2 Å². The van der Waals surface area contributed by atoms with E-state index in [9.17, 15) is 9.59 Å². The van der Waals surface area contributed by atoms with Crippen LogP contribution < -0.4 is 10.2 Å². The molecule has 5 heteroatoms. The number of likely N-dealkylation sites (tertiary alicyclic amines) is 1. The van der Waals surface area contributed by atoms with E-state index in [1.807, 2.05) is 29.2 Å². The molecule has 1 N–H and O–H groups in total. The lowest BCUT2D eigenvalue weighted by atomic mass is 9.95. The largest absolute Gasteiger partial charge is 0.371 e. The van der Waals surface area contributed by atoms with Gasteiger partial charge in [0.05, 0.1) is 11.3 Å². The molecular weight excluding hydrogens is 362 g/mol. The van der Waals surface area contributed by atoms with Gasteiger partial charge in [-0.3, -0.25) is 9.59 Å². The van der Waals surface area contributed by atoms with Crippen LogP contribution >= 0.6 is 0 Å². The Morgan fingerprint density at radius 3 is 2.24 bits per heavy atom. The van der Waals surface area contributed by atoms with Crippen molar-refractivity contribution in [3.63, 3.8) is 0 Å². The van der Waals surface area contributed by atoms with Crippen LogP contribution in [0.3, 0.4) is 0 Å². The molecule has 2 aliphatic heterocycles. The van der Waals surface area contributed by atoms with Crippen LogP contribution in [0.5, 0.6) is 0 Å². The summed E-state index contributed by atoms with van der Waals surface area (Å²) in [6.45, 7) is 5.44. The molecule has 2 aromatic carbocycles. The number of aryl methyl sites for hydroxylation is 1. The van der Waals surface area contributed by atoms with Crippen LogP contribution in [0, 0.1) is 12.8 Å². The minimum atomic E-state index is -0.0216. The summed E-state index contributed by atoms with van der Waals surface area (Å²) in [5.41, 5.74) is 3.70. The Kier molecular flexibility index (Phi) is 5.84. The Labute approximate surface area is 172 Å². The first-order valence-electron chi connectivity index (χ1n) is 10.6. The van der Waals surface area contributed by atoms with Crippen molar-refractivity contribution in [2.24, 2.45) is 5.92 Å². The summed E-state index contributed by atoms with van der Waals surface area (Å²) >= 11 is 0. The lowest BCUT2D eigenvalue weighted by Gasteiger charge is -2.33. The van der Waals surface area contributed by atoms with Crippen LogP contribution in [0.1, 0.15) is 41.6 Å². The Morgan fingerprint density at radius 2 is 1.55 bits per heavy atom. The standard InChI is InChI=1S/C24H29N3O2/c1-18-8-10-20(11-9-18)26-16-12-19(13-17-26)23(28)25-22-7-3-2-6-21(22)24(29)27-14-4-5-15-27/h2-3,6-11,19H,4-5,12-17H2,1H3,(H,25,28). The zero-order valence-electron chi connectivity index (χ0n) is 17.1. The number of hydrogen-bond acceptors (Lipinski definition) is 3. The Balaban J connectivity index is 1.38. The number of amides is 2. The molecule has 2 amide bonds. The highest BCUT2D eigenvalue weighted by molar-refractivity contribution is 6.04. The lowest BCUT2D eigenvalue weighted by molar-refractivity contribution is -0.120. The van der Waals surface area contributed by atoms with Crippen molar-refractivity contribution in [3.05, 3.63) is 59.7 Å². The van der Waals surface area contributed by atoms with Crippen LogP contribution in [0.25, 0.3) is 0 Å². The predicted octanol–water partition coefficient (Wildman–Crippen LogP) is 4.09. The van der Waals surface area contributed by atoms with E-state index >= 15 is 0 Å². The number of para-hydroxylation sites is 1. The van der Waals surface area contributed by atoms with Gasteiger partial charge in [-0.15, -0.1) is 0 Å². The van der Waals surface area contributed by atoms with Gasteiger partial charge in [-0.05, 0) is 56.9 Å². The highest BCUT2D eigenvalue weighted by atomic mass is 16.2. The Hall–Kier alpha value is -2.82. The summed E-state index contributed by atoms with van der Waals surface area (Å²) in [5.74, 6) is 0.0226. The summed E-state index contributed by atoms with van der Waals surface area (Å²) in [4.78, 5) is 29.9. The number of carbonyl (C=O) groups excluding carboxylic acids is 2. The van der Waals surface area contributed by atoms with Gasteiger partial charge >= 0.3 is 0 Å². The van der Waals surface area contributed by atoms with Gasteiger partial charge in [0.1, 0.15) is 0 Å². The van der Waals surface area contributed by atoms with E-state index < -0.39 is 0 Å². The van der Waals surface area contributed by atoms with E-state index in [0.717, 1.165) is 51.9 Å². The second kappa shape index (κ2) is 8.68. The fourth-order valence-electron chi connectivity index (χ4n) is 4.26. The molecule has 0 aromatic heterocycles. The maximum Gasteiger partial charge on any atom is 0.255 e. The second-order valence-corrected chi connectivity index (χ2v) is 8.13. The normalized spacial score (nSPS) is 17.4. The molecule has 29 heavy (non-hydrogen) atoms. The van der Waals surface area contributed by atoms with Crippen molar-refractivity contribution in [1.82, 2.24) is 4.90 Å². The highest BCUT2D eigenvalue weighted by Crippen LogP contribution is 2.26. The topological polar surface area (TPSA) is 52.7 Å². The Bertz CT molecular complexity index is 864. The van der Waals surface area contributed by atoms with Gasteiger partial charge in [0.2, 0.25) is 5.91 Å². The Morgan fingerprint density at radius 1 is 0.897 bits per heavy atom. The fraction of sp³-hybridized carbons (Fsp3) is 0.417. The highest BCUT2D eigenvalue weighted by Gasteiger charge is 2.27. The molecule has 0 atom stereocenters. The molecule has 0 unspecified atom stereocenters. The molecule has 5 nitrogen and oxygen atoms in total. The van der Waals surface area contributed by atoms with E-state index in [1.54, 1.807) is 0 Å². The van der Waals surface area contributed by atoms with E-state index in [0.29, 0.717) is 11.3 Å². The first-order chi connectivity index (χ1) is 14.1. The number of carbonyl (C=O) groups is 2. The van der Waals surface area contributed by atoms with Crippen LogP contribution in [0.2, 0.25) is 0 Å². The van der Waals surface area contributed by atoms with Crippen LogP contribution in [0.15, 0.2) is 48.5 Å². The van der Waals surface area contributed by atoms with Gasteiger partial charge in [0.15, 0.2) is 0 Å². The molecule has 2 aromatic rings. The molecule has 152 valence electrons. The molecule has 0 spiro atoms. The van der Waals surface area contributed by atoms with Crippen LogP contribution in [-0.2, 0) is 4.79 Å². The summed E-state index contributed by atoms with van der Waals surface area (Å²) in [7, 11) is 0. The van der Waals surface area contributed by atoms with Crippen molar-refractivity contribution in [2.45, 2.75) is 32.6 Å². The maximum absolute atomic E-state index is 12.9. The summed E-state index contributed by atoms with van der Waals surface area (Å²) in [5, 5.41) is 3.04.